The minimum Gasteiger partial charge on any atom is -0.489 e. The molecule has 0 bridgehead atoms. The highest BCUT2D eigenvalue weighted by Gasteiger charge is 2.10. The zero-order chi connectivity index (χ0) is 16.1. The summed E-state index contributed by atoms with van der Waals surface area (Å²) >= 11 is 22.9. The Morgan fingerprint density at radius 1 is 1.00 bits per heavy atom. The molecule has 0 fully saturated rings. The Kier molecular flexibility index (Phi) is 6.15. The quantitative estimate of drug-likeness (QED) is 0.584. The fourth-order valence-electron chi connectivity index (χ4n) is 1.76. The SMILES string of the molecule is NC(=S)c1ccccc1OCCOc1c(Cl)cc(Cl)cc1Cl. The molecule has 0 amide bonds. The fourth-order valence-corrected chi connectivity index (χ4v) is 2.85. The average molecular weight is 377 g/mol. The first kappa shape index (κ1) is 17.2. The van der Waals surface area contributed by atoms with Crippen molar-refractivity contribution in [1.82, 2.24) is 0 Å². The van der Waals surface area contributed by atoms with Crippen LogP contribution in [0.25, 0.3) is 0 Å². The van der Waals surface area contributed by atoms with Crippen molar-refractivity contribution in [3.63, 3.8) is 0 Å². The number of hydrogen-bond donors (Lipinski definition) is 1. The molecule has 0 aromatic heterocycles. The maximum atomic E-state index is 6.03. The monoisotopic (exact) mass is 375 g/mol. The molecule has 116 valence electrons. The molecular weight excluding hydrogens is 365 g/mol. The summed E-state index contributed by atoms with van der Waals surface area (Å²) in [6.07, 6.45) is 0. The molecule has 7 heteroatoms. The summed E-state index contributed by atoms with van der Waals surface area (Å²) in [6, 6.07) is 10.4. The summed E-state index contributed by atoms with van der Waals surface area (Å²) in [5.74, 6) is 0.978. The molecule has 2 N–H and O–H groups in total. The molecule has 0 saturated carbocycles. The van der Waals surface area contributed by atoms with E-state index in [4.69, 9.17) is 62.2 Å². The number of thiocarbonyl (C=S) groups is 1. The summed E-state index contributed by atoms with van der Waals surface area (Å²) in [4.78, 5) is 0.278. The van der Waals surface area contributed by atoms with Crippen molar-refractivity contribution in [1.29, 1.82) is 0 Å². The van der Waals surface area contributed by atoms with E-state index in [0.29, 0.717) is 32.1 Å². The third-order valence-corrected chi connectivity index (χ3v) is 3.70. The van der Waals surface area contributed by atoms with Gasteiger partial charge in [0.1, 0.15) is 24.0 Å². The lowest BCUT2D eigenvalue weighted by atomic mass is 10.2. The number of hydrogen-bond acceptors (Lipinski definition) is 3. The minimum absolute atomic E-state index is 0.257. The number of nitrogens with two attached hydrogens (primary N) is 1. The molecule has 0 atom stereocenters. The Morgan fingerprint density at radius 3 is 2.23 bits per heavy atom. The van der Waals surface area contributed by atoms with E-state index < -0.39 is 0 Å². The molecule has 22 heavy (non-hydrogen) atoms. The molecule has 0 saturated heterocycles. The van der Waals surface area contributed by atoms with Crippen LogP contribution in [0.5, 0.6) is 11.5 Å². The molecule has 0 heterocycles. The van der Waals surface area contributed by atoms with Gasteiger partial charge in [0, 0.05) is 5.02 Å². The second-order valence-corrected chi connectivity index (χ2v) is 5.95. The lowest BCUT2D eigenvalue weighted by Gasteiger charge is -2.13. The van der Waals surface area contributed by atoms with Crippen LogP contribution < -0.4 is 15.2 Å². The fraction of sp³-hybridized carbons (Fsp3) is 0.133. The first-order valence-electron chi connectivity index (χ1n) is 6.28. The van der Waals surface area contributed by atoms with E-state index in [9.17, 15) is 0 Å². The maximum absolute atomic E-state index is 6.03. The van der Waals surface area contributed by atoms with Gasteiger partial charge in [0.2, 0.25) is 0 Å². The van der Waals surface area contributed by atoms with Gasteiger partial charge >= 0.3 is 0 Å². The van der Waals surface area contributed by atoms with Gasteiger partial charge in [-0.15, -0.1) is 0 Å². The second kappa shape index (κ2) is 7.88. The van der Waals surface area contributed by atoms with Crippen LogP contribution in [0.4, 0.5) is 0 Å². The average Bonchev–Trinajstić information content (AvgIpc) is 2.45. The second-order valence-electron chi connectivity index (χ2n) is 4.26. The summed E-state index contributed by atoms with van der Waals surface area (Å²) in [5.41, 5.74) is 6.32. The minimum atomic E-state index is 0.257. The Labute approximate surface area is 148 Å². The number of benzene rings is 2. The topological polar surface area (TPSA) is 44.5 Å². The van der Waals surface area contributed by atoms with Crippen LogP contribution in [0.15, 0.2) is 36.4 Å². The van der Waals surface area contributed by atoms with Gasteiger partial charge in [-0.2, -0.15) is 0 Å². The predicted molar refractivity (Wildman–Crippen MR) is 94.8 cm³/mol. The van der Waals surface area contributed by atoms with Crippen molar-refractivity contribution < 1.29 is 9.47 Å². The Balaban J connectivity index is 1.95. The van der Waals surface area contributed by atoms with Gasteiger partial charge in [-0.05, 0) is 24.3 Å². The van der Waals surface area contributed by atoms with E-state index in [-0.39, 0.29) is 18.2 Å². The van der Waals surface area contributed by atoms with E-state index in [2.05, 4.69) is 0 Å². The standard InChI is InChI=1S/C15H12Cl3NO2S/c16-9-7-11(17)14(12(18)8-9)21-6-5-20-13-4-2-1-3-10(13)15(19)22/h1-4,7-8H,5-6H2,(H2,19,22). The van der Waals surface area contributed by atoms with Gasteiger partial charge in [0.25, 0.3) is 0 Å². The highest BCUT2D eigenvalue weighted by molar-refractivity contribution is 7.80. The van der Waals surface area contributed by atoms with Crippen LogP contribution in [0, 0.1) is 0 Å². The van der Waals surface area contributed by atoms with Crippen LogP contribution in [-0.4, -0.2) is 18.2 Å². The van der Waals surface area contributed by atoms with E-state index in [1.165, 1.54) is 0 Å². The van der Waals surface area contributed by atoms with Crippen molar-refractivity contribution in [3.8, 4) is 11.5 Å². The van der Waals surface area contributed by atoms with Gasteiger partial charge in [-0.25, -0.2) is 0 Å². The summed E-state index contributed by atoms with van der Waals surface area (Å²) in [5, 5.41) is 1.14. The van der Waals surface area contributed by atoms with Gasteiger partial charge in [0.15, 0.2) is 5.75 Å². The molecule has 0 aliphatic rings. The summed E-state index contributed by atoms with van der Waals surface area (Å²) < 4.78 is 11.2. The molecule has 0 aliphatic carbocycles. The normalized spacial score (nSPS) is 10.3. The summed E-state index contributed by atoms with van der Waals surface area (Å²) in [6.45, 7) is 0.543. The first-order valence-corrected chi connectivity index (χ1v) is 7.82. The Morgan fingerprint density at radius 2 is 1.59 bits per heavy atom. The van der Waals surface area contributed by atoms with Crippen LogP contribution in [0.2, 0.25) is 15.1 Å². The number of rotatable bonds is 6. The number of halogens is 3. The maximum Gasteiger partial charge on any atom is 0.156 e. The van der Waals surface area contributed by atoms with Crippen LogP contribution in [0.1, 0.15) is 5.56 Å². The molecule has 0 spiro atoms. The summed E-state index contributed by atoms with van der Waals surface area (Å²) in [7, 11) is 0. The number of ether oxygens (including phenoxy) is 2. The molecule has 0 radical (unpaired) electrons. The van der Waals surface area contributed by atoms with E-state index >= 15 is 0 Å². The lowest BCUT2D eigenvalue weighted by Crippen LogP contribution is -2.14. The molecule has 2 rings (SSSR count). The van der Waals surface area contributed by atoms with Gasteiger partial charge in [-0.1, -0.05) is 59.2 Å². The van der Waals surface area contributed by atoms with Gasteiger partial charge in [0.05, 0.1) is 15.6 Å². The van der Waals surface area contributed by atoms with Crippen molar-refractivity contribution in [2.45, 2.75) is 0 Å². The zero-order valence-electron chi connectivity index (χ0n) is 11.3. The van der Waals surface area contributed by atoms with Crippen molar-refractivity contribution in [3.05, 3.63) is 57.0 Å². The Bertz CT molecular complexity index is 671. The third-order valence-electron chi connectivity index (χ3n) is 2.70. The molecular formula is C15H12Cl3NO2S. The van der Waals surface area contributed by atoms with Crippen LogP contribution in [0.3, 0.4) is 0 Å². The van der Waals surface area contributed by atoms with E-state index in [1.54, 1.807) is 24.3 Å². The Hall–Kier alpha value is -1.20. The first-order chi connectivity index (χ1) is 10.5. The molecule has 0 aliphatic heterocycles. The number of para-hydroxylation sites is 1. The molecule has 3 nitrogen and oxygen atoms in total. The van der Waals surface area contributed by atoms with Crippen LogP contribution in [-0.2, 0) is 0 Å². The van der Waals surface area contributed by atoms with Crippen molar-refractivity contribution in [2.24, 2.45) is 5.73 Å². The highest BCUT2D eigenvalue weighted by atomic mass is 35.5. The van der Waals surface area contributed by atoms with E-state index in [1.807, 2.05) is 12.1 Å². The van der Waals surface area contributed by atoms with Gasteiger partial charge in [-0.3, -0.25) is 0 Å². The van der Waals surface area contributed by atoms with E-state index in [0.717, 1.165) is 0 Å². The third kappa shape index (κ3) is 4.40. The largest absolute Gasteiger partial charge is 0.489 e. The van der Waals surface area contributed by atoms with Gasteiger partial charge < -0.3 is 15.2 Å². The predicted octanol–water partition coefficient (Wildman–Crippen LogP) is 4.74. The van der Waals surface area contributed by atoms with Crippen molar-refractivity contribution in [2.75, 3.05) is 13.2 Å². The lowest BCUT2D eigenvalue weighted by molar-refractivity contribution is 0.217. The highest BCUT2D eigenvalue weighted by Crippen LogP contribution is 2.35. The van der Waals surface area contributed by atoms with Crippen LogP contribution >= 0.6 is 47.0 Å². The zero-order valence-corrected chi connectivity index (χ0v) is 14.4. The molecule has 2 aromatic rings. The molecule has 2 aromatic carbocycles. The molecule has 0 unspecified atom stereocenters. The smallest absolute Gasteiger partial charge is 0.156 e. The van der Waals surface area contributed by atoms with Crippen molar-refractivity contribution >= 4 is 52.0 Å².